The molecule has 1 atom stereocenters. The lowest BCUT2D eigenvalue weighted by Gasteiger charge is -2.20. The van der Waals surface area contributed by atoms with E-state index in [1.807, 2.05) is 12.1 Å². The fourth-order valence-corrected chi connectivity index (χ4v) is 2.83. The van der Waals surface area contributed by atoms with Gasteiger partial charge in [-0.05, 0) is 24.1 Å². The number of fused-ring (bicyclic) bond motifs is 1. The number of thioether (sulfide) groups is 1. The van der Waals surface area contributed by atoms with Gasteiger partial charge in [-0.15, -0.1) is 11.8 Å². The van der Waals surface area contributed by atoms with Crippen molar-refractivity contribution in [2.45, 2.75) is 11.7 Å². The minimum Gasteiger partial charge on any atom is -0.486 e. The number of rotatable bonds is 6. The highest BCUT2D eigenvalue weighted by Gasteiger charge is 2.22. The molecule has 1 aliphatic heterocycles. The van der Waals surface area contributed by atoms with Crippen LogP contribution in [-0.2, 0) is 20.7 Å². The van der Waals surface area contributed by atoms with Crippen molar-refractivity contribution in [1.82, 2.24) is 0 Å². The molecule has 1 unspecified atom stereocenters. The lowest BCUT2D eigenvalue weighted by molar-refractivity contribution is -0.139. The molecule has 6 nitrogen and oxygen atoms in total. The monoisotopic (exact) mass is 312 g/mol. The molecule has 2 rings (SSSR count). The number of carbonyl (C=O) groups is 2. The smallest absolute Gasteiger partial charge is 0.319 e. The third kappa shape index (κ3) is 4.29. The van der Waals surface area contributed by atoms with Gasteiger partial charge in [0.25, 0.3) is 0 Å². The van der Waals surface area contributed by atoms with Gasteiger partial charge in [-0.3, -0.25) is 9.59 Å². The number of ether oxygens (including phenoxy) is 3. The first-order chi connectivity index (χ1) is 10.1. The lowest BCUT2D eigenvalue weighted by Crippen LogP contribution is -2.23. The molecular formula is C14H16O6S. The van der Waals surface area contributed by atoms with Crippen LogP contribution in [0.5, 0.6) is 11.5 Å². The Bertz CT molecular complexity index is 530. The van der Waals surface area contributed by atoms with Gasteiger partial charge in [-0.2, -0.15) is 0 Å². The molecule has 0 radical (unpaired) electrons. The Kier molecular flexibility index (Phi) is 5.32. The molecule has 0 bridgehead atoms. The number of carbonyl (C=O) groups excluding carboxylic acids is 1. The van der Waals surface area contributed by atoms with E-state index in [-0.39, 0.29) is 5.75 Å². The van der Waals surface area contributed by atoms with Crippen molar-refractivity contribution < 1.29 is 28.9 Å². The van der Waals surface area contributed by atoms with Crippen LogP contribution in [0.1, 0.15) is 5.56 Å². The molecule has 1 N–H and O–H groups in total. The minimum atomic E-state index is -0.962. The zero-order valence-corrected chi connectivity index (χ0v) is 12.4. The average molecular weight is 312 g/mol. The van der Waals surface area contributed by atoms with E-state index in [4.69, 9.17) is 19.3 Å². The number of hydrogen-bond acceptors (Lipinski definition) is 6. The van der Waals surface area contributed by atoms with Crippen molar-refractivity contribution in [1.29, 1.82) is 0 Å². The summed E-state index contributed by atoms with van der Waals surface area (Å²) in [6, 6.07) is 5.44. The predicted molar refractivity (Wildman–Crippen MR) is 77.0 cm³/mol. The highest BCUT2D eigenvalue weighted by atomic mass is 32.2. The van der Waals surface area contributed by atoms with Crippen molar-refractivity contribution >= 4 is 23.7 Å². The Morgan fingerprint density at radius 3 is 2.71 bits per heavy atom. The van der Waals surface area contributed by atoms with E-state index in [0.717, 1.165) is 17.3 Å². The number of methoxy groups -OCH3 is 1. The van der Waals surface area contributed by atoms with E-state index in [2.05, 4.69) is 0 Å². The lowest BCUT2D eigenvalue weighted by atomic mass is 10.1. The Labute approximate surface area is 126 Å². The quantitative estimate of drug-likeness (QED) is 0.794. The molecule has 7 heteroatoms. The van der Waals surface area contributed by atoms with Crippen LogP contribution in [0.3, 0.4) is 0 Å². The second-order valence-electron chi connectivity index (χ2n) is 4.40. The normalized spacial score (nSPS) is 14.3. The summed E-state index contributed by atoms with van der Waals surface area (Å²) < 4.78 is 15.6. The van der Waals surface area contributed by atoms with Crippen LogP contribution >= 0.6 is 11.8 Å². The molecule has 1 aromatic carbocycles. The summed E-state index contributed by atoms with van der Waals surface area (Å²) in [5.41, 5.74) is 0.868. The molecule has 0 aromatic heterocycles. The Morgan fingerprint density at radius 2 is 2.05 bits per heavy atom. The largest absolute Gasteiger partial charge is 0.486 e. The zero-order chi connectivity index (χ0) is 15.2. The molecule has 0 spiro atoms. The second-order valence-corrected chi connectivity index (χ2v) is 5.59. The minimum absolute atomic E-state index is 0.148. The number of carboxylic acids is 1. The fraction of sp³-hybridized carbons (Fsp3) is 0.429. The van der Waals surface area contributed by atoms with Crippen LogP contribution in [0.4, 0.5) is 0 Å². The van der Waals surface area contributed by atoms with Crippen LogP contribution in [-0.4, -0.2) is 48.4 Å². The van der Waals surface area contributed by atoms with Crippen molar-refractivity contribution in [2.75, 3.05) is 26.1 Å². The van der Waals surface area contributed by atoms with Crippen molar-refractivity contribution in [2.24, 2.45) is 0 Å². The first kappa shape index (κ1) is 15.5. The fourth-order valence-electron chi connectivity index (χ4n) is 1.94. The van der Waals surface area contributed by atoms with Crippen LogP contribution in [0.2, 0.25) is 0 Å². The summed E-state index contributed by atoms with van der Waals surface area (Å²) in [6.07, 6.45) is 0.376. The summed E-state index contributed by atoms with van der Waals surface area (Å²) in [6.45, 7) is 1.01. The van der Waals surface area contributed by atoms with Gasteiger partial charge in [-0.25, -0.2) is 0 Å². The number of benzene rings is 1. The standard InChI is InChI=1S/C14H16O6S/c1-18-14(17)12(21-8-13(15)16)7-9-2-3-10-11(6-9)20-5-4-19-10/h2-3,6,12H,4-5,7-8H2,1H3,(H,15,16). The van der Waals surface area contributed by atoms with Gasteiger partial charge < -0.3 is 19.3 Å². The van der Waals surface area contributed by atoms with E-state index < -0.39 is 17.2 Å². The number of carboxylic acid groups (broad SMARTS) is 1. The average Bonchev–Trinajstić information content (AvgIpc) is 2.50. The van der Waals surface area contributed by atoms with Gasteiger partial charge in [0.05, 0.1) is 12.9 Å². The predicted octanol–water partition coefficient (Wildman–Crippen LogP) is 1.36. The van der Waals surface area contributed by atoms with Crippen molar-refractivity contribution in [3.63, 3.8) is 0 Å². The maximum absolute atomic E-state index is 11.7. The van der Waals surface area contributed by atoms with Gasteiger partial charge >= 0.3 is 11.9 Å². The van der Waals surface area contributed by atoms with Gasteiger partial charge in [0, 0.05) is 0 Å². The third-order valence-electron chi connectivity index (χ3n) is 2.90. The maximum Gasteiger partial charge on any atom is 0.319 e. The number of aliphatic carboxylic acids is 1. The first-order valence-electron chi connectivity index (χ1n) is 6.40. The molecule has 1 aromatic rings. The number of hydrogen-bond donors (Lipinski definition) is 1. The summed E-state index contributed by atoms with van der Waals surface area (Å²) in [5.74, 6) is -0.222. The topological polar surface area (TPSA) is 82.1 Å². The Balaban J connectivity index is 2.08. The maximum atomic E-state index is 11.7. The van der Waals surface area contributed by atoms with Crippen LogP contribution in [0, 0.1) is 0 Å². The van der Waals surface area contributed by atoms with E-state index in [1.165, 1.54) is 7.11 Å². The van der Waals surface area contributed by atoms with Crippen LogP contribution < -0.4 is 9.47 Å². The van der Waals surface area contributed by atoms with Gasteiger partial charge in [0.1, 0.15) is 18.5 Å². The van der Waals surface area contributed by atoms with E-state index in [9.17, 15) is 9.59 Å². The third-order valence-corrected chi connectivity index (χ3v) is 4.07. The summed E-state index contributed by atoms with van der Waals surface area (Å²) in [5, 5.41) is 8.17. The summed E-state index contributed by atoms with van der Waals surface area (Å²) in [4.78, 5) is 22.4. The molecule has 21 heavy (non-hydrogen) atoms. The SMILES string of the molecule is COC(=O)C(Cc1ccc2c(c1)OCCO2)SCC(=O)O. The highest BCUT2D eigenvalue weighted by Crippen LogP contribution is 2.32. The van der Waals surface area contributed by atoms with Crippen molar-refractivity contribution in [3.05, 3.63) is 23.8 Å². The molecule has 114 valence electrons. The van der Waals surface area contributed by atoms with Gasteiger partial charge in [-0.1, -0.05) is 6.07 Å². The molecule has 0 saturated carbocycles. The Morgan fingerprint density at radius 1 is 1.33 bits per heavy atom. The molecule has 0 saturated heterocycles. The Hall–Kier alpha value is -1.89. The second kappa shape index (κ2) is 7.21. The molecule has 0 fully saturated rings. The summed E-state index contributed by atoms with van der Waals surface area (Å²) in [7, 11) is 1.29. The van der Waals surface area contributed by atoms with Crippen LogP contribution in [0.25, 0.3) is 0 Å². The van der Waals surface area contributed by atoms with E-state index in [0.29, 0.717) is 31.1 Å². The molecule has 0 amide bonds. The van der Waals surface area contributed by atoms with Crippen LogP contribution in [0.15, 0.2) is 18.2 Å². The van der Waals surface area contributed by atoms with Gasteiger partial charge in [0.2, 0.25) is 0 Å². The molecule has 0 aliphatic carbocycles. The van der Waals surface area contributed by atoms with Crippen molar-refractivity contribution in [3.8, 4) is 11.5 Å². The van der Waals surface area contributed by atoms with E-state index in [1.54, 1.807) is 6.07 Å². The highest BCUT2D eigenvalue weighted by molar-refractivity contribution is 8.01. The molecule has 1 aliphatic rings. The number of esters is 1. The summed E-state index contributed by atoms with van der Waals surface area (Å²) >= 11 is 1.05. The first-order valence-corrected chi connectivity index (χ1v) is 7.45. The zero-order valence-electron chi connectivity index (χ0n) is 11.5. The molecular weight excluding hydrogens is 296 g/mol. The molecule has 1 heterocycles. The van der Waals surface area contributed by atoms with Gasteiger partial charge in [0.15, 0.2) is 11.5 Å². The van der Waals surface area contributed by atoms with E-state index >= 15 is 0 Å².